The molecule has 1 aliphatic rings. The maximum atomic E-state index is 5.05. The van der Waals surface area contributed by atoms with Crippen molar-refractivity contribution >= 4 is 16.5 Å². The molecule has 0 bridgehead atoms. The highest BCUT2D eigenvalue weighted by Crippen LogP contribution is 2.34. The van der Waals surface area contributed by atoms with Crippen molar-refractivity contribution < 1.29 is 4.74 Å². The lowest BCUT2D eigenvalue weighted by Gasteiger charge is -2.36. The summed E-state index contributed by atoms with van der Waals surface area (Å²) in [5, 5.41) is 4.60. The van der Waals surface area contributed by atoms with E-state index in [9.17, 15) is 0 Å². The number of nitrogens with one attached hydrogen (secondary N) is 1. The summed E-state index contributed by atoms with van der Waals surface area (Å²) in [6, 6.07) is 0. The fourth-order valence-corrected chi connectivity index (χ4v) is 3.47. The van der Waals surface area contributed by atoms with Crippen LogP contribution in [0.4, 0.5) is 5.13 Å². The zero-order valence-electron chi connectivity index (χ0n) is 13.2. The van der Waals surface area contributed by atoms with E-state index in [2.05, 4.69) is 31.0 Å². The van der Waals surface area contributed by atoms with Crippen molar-refractivity contribution in [3.8, 4) is 0 Å². The molecule has 0 saturated carbocycles. The number of nitrogens with zero attached hydrogens (tertiary/aromatic N) is 2. The van der Waals surface area contributed by atoms with Crippen LogP contribution < -0.4 is 10.2 Å². The van der Waals surface area contributed by atoms with Gasteiger partial charge < -0.3 is 15.0 Å². The van der Waals surface area contributed by atoms with Crippen LogP contribution in [0.25, 0.3) is 0 Å². The lowest BCUT2D eigenvalue weighted by atomic mass is 9.83. The Hall–Kier alpha value is -0.650. The first-order valence-electron chi connectivity index (χ1n) is 7.43. The number of methoxy groups -OCH3 is 1. The minimum atomic E-state index is 0.493. The van der Waals surface area contributed by atoms with Crippen molar-refractivity contribution in [3.05, 3.63) is 10.6 Å². The van der Waals surface area contributed by atoms with Gasteiger partial charge in [-0.3, -0.25) is 0 Å². The molecule has 0 atom stereocenters. The van der Waals surface area contributed by atoms with E-state index in [-0.39, 0.29) is 0 Å². The van der Waals surface area contributed by atoms with Gasteiger partial charge in [-0.15, -0.1) is 11.3 Å². The van der Waals surface area contributed by atoms with Gasteiger partial charge in [0.25, 0.3) is 0 Å². The predicted molar refractivity (Wildman–Crippen MR) is 85.7 cm³/mol. The highest BCUT2D eigenvalue weighted by molar-refractivity contribution is 7.15. The molecular weight excluding hydrogens is 270 g/mol. The normalized spacial score (nSPS) is 18.5. The number of thiazole rings is 1. The lowest BCUT2D eigenvalue weighted by Crippen LogP contribution is -2.37. The van der Waals surface area contributed by atoms with Crippen molar-refractivity contribution in [2.75, 3.05) is 38.3 Å². The molecule has 0 aromatic carbocycles. The molecule has 0 spiro atoms. The maximum Gasteiger partial charge on any atom is 0.185 e. The first kappa shape index (κ1) is 15.7. The molecule has 2 rings (SSSR count). The van der Waals surface area contributed by atoms with Gasteiger partial charge in [-0.1, -0.05) is 13.8 Å². The Bertz CT molecular complexity index is 421. The molecule has 0 unspecified atom stereocenters. The van der Waals surface area contributed by atoms with Crippen LogP contribution in [0.1, 0.15) is 37.3 Å². The molecule has 1 N–H and O–H groups in total. The quantitative estimate of drug-likeness (QED) is 0.819. The van der Waals surface area contributed by atoms with Gasteiger partial charge in [0.15, 0.2) is 5.13 Å². The minimum absolute atomic E-state index is 0.493. The van der Waals surface area contributed by atoms with Gasteiger partial charge in [0.2, 0.25) is 0 Å². The van der Waals surface area contributed by atoms with Gasteiger partial charge in [0, 0.05) is 38.2 Å². The van der Waals surface area contributed by atoms with Crippen molar-refractivity contribution in [3.63, 3.8) is 0 Å². The van der Waals surface area contributed by atoms with E-state index >= 15 is 0 Å². The van der Waals surface area contributed by atoms with Crippen molar-refractivity contribution in [2.24, 2.45) is 5.41 Å². The molecule has 4 nitrogen and oxygen atoms in total. The first-order valence-corrected chi connectivity index (χ1v) is 8.24. The number of aryl methyl sites for hydroxylation is 1. The minimum Gasteiger partial charge on any atom is -0.383 e. The van der Waals surface area contributed by atoms with Crippen LogP contribution in [0.5, 0.6) is 0 Å². The van der Waals surface area contributed by atoms with Gasteiger partial charge in [-0.25, -0.2) is 4.98 Å². The van der Waals surface area contributed by atoms with Crippen molar-refractivity contribution in [1.29, 1.82) is 0 Å². The number of rotatable bonds is 6. The number of anilines is 1. The van der Waals surface area contributed by atoms with E-state index in [0.717, 1.165) is 32.8 Å². The SMILES string of the molecule is COCCNCc1sc(N2CCC(C)(C)CC2)nc1C. The van der Waals surface area contributed by atoms with Crippen molar-refractivity contribution in [2.45, 2.75) is 40.2 Å². The van der Waals surface area contributed by atoms with E-state index in [0.29, 0.717) is 5.41 Å². The van der Waals surface area contributed by atoms with Crippen LogP contribution in [-0.4, -0.2) is 38.3 Å². The third kappa shape index (κ3) is 4.17. The summed E-state index contributed by atoms with van der Waals surface area (Å²) in [5.74, 6) is 0. The summed E-state index contributed by atoms with van der Waals surface area (Å²) in [4.78, 5) is 8.55. The molecule has 20 heavy (non-hydrogen) atoms. The summed E-state index contributed by atoms with van der Waals surface area (Å²) in [6.07, 6.45) is 2.51. The number of piperidine rings is 1. The molecule has 0 amide bonds. The Morgan fingerprint density at radius 3 is 2.70 bits per heavy atom. The molecule has 1 fully saturated rings. The Kier molecular flexibility index (Phi) is 5.41. The zero-order chi connectivity index (χ0) is 14.6. The number of ether oxygens (including phenoxy) is 1. The van der Waals surface area contributed by atoms with E-state index in [1.165, 1.54) is 28.5 Å². The Labute approximate surface area is 126 Å². The summed E-state index contributed by atoms with van der Waals surface area (Å²) in [7, 11) is 1.73. The monoisotopic (exact) mass is 297 g/mol. The van der Waals surface area contributed by atoms with Crippen LogP contribution in [-0.2, 0) is 11.3 Å². The van der Waals surface area contributed by atoms with Crippen LogP contribution in [0.2, 0.25) is 0 Å². The highest BCUT2D eigenvalue weighted by Gasteiger charge is 2.27. The Morgan fingerprint density at radius 2 is 2.05 bits per heavy atom. The second-order valence-corrected chi connectivity index (χ2v) is 7.39. The lowest BCUT2D eigenvalue weighted by molar-refractivity contribution is 0.199. The van der Waals surface area contributed by atoms with E-state index in [1.807, 2.05) is 11.3 Å². The Morgan fingerprint density at radius 1 is 1.35 bits per heavy atom. The van der Waals surface area contributed by atoms with Crippen LogP contribution in [0.3, 0.4) is 0 Å². The molecule has 1 aliphatic heterocycles. The standard InChI is InChI=1S/C15H27N3OS/c1-12-13(11-16-7-10-19-4)20-14(17-12)18-8-5-15(2,3)6-9-18/h16H,5-11H2,1-4H3. The average molecular weight is 297 g/mol. The smallest absolute Gasteiger partial charge is 0.185 e. The number of hydrogen-bond donors (Lipinski definition) is 1. The van der Waals surface area contributed by atoms with Crippen LogP contribution in [0.15, 0.2) is 0 Å². The zero-order valence-corrected chi connectivity index (χ0v) is 14.0. The number of hydrogen-bond acceptors (Lipinski definition) is 5. The molecule has 114 valence electrons. The third-order valence-corrected chi connectivity index (χ3v) is 5.26. The van der Waals surface area contributed by atoms with Gasteiger partial charge >= 0.3 is 0 Å². The van der Waals surface area contributed by atoms with Crippen LogP contribution in [0, 0.1) is 12.3 Å². The Balaban J connectivity index is 1.90. The van der Waals surface area contributed by atoms with E-state index in [1.54, 1.807) is 7.11 Å². The molecule has 0 aliphatic carbocycles. The van der Waals surface area contributed by atoms with Gasteiger partial charge in [0.05, 0.1) is 12.3 Å². The summed E-state index contributed by atoms with van der Waals surface area (Å²) >= 11 is 1.84. The van der Waals surface area contributed by atoms with Gasteiger partial charge in [-0.2, -0.15) is 0 Å². The molecular formula is C15H27N3OS. The molecule has 1 aromatic rings. The molecule has 1 saturated heterocycles. The second-order valence-electron chi connectivity index (χ2n) is 6.33. The third-order valence-electron chi connectivity index (χ3n) is 4.04. The van der Waals surface area contributed by atoms with E-state index in [4.69, 9.17) is 9.72 Å². The maximum absolute atomic E-state index is 5.05. The molecule has 5 heteroatoms. The molecule has 1 aromatic heterocycles. The summed E-state index contributed by atoms with van der Waals surface area (Å²) in [5.41, 5.74) is 1.66. The summed E-state index contributed by atoms with van der Waals surface area (Å²) in [6.45, 7) is 11.7. The van der Waals surface area contributed by atoms with Gasteiger partial charge in [0.1, 0.15) is 0 Å². The average Bonchev–Trinajstić information content (AvgIpc) is 2.76. The predicted octanol–water partition coefficient (Wildman–Crippen LogP) is 2.81. The fourth-order valence-electron chi connectivity index (χ4n) is 2.39. The molecule has 2 heterocycles. The highest BCUT2D eigenvalue weighted by atomic mass is 32.1. The first-order chi connectivity index (χ1) is 9.52. The summed E-state index contributed by atoms with van der Waals surface area (Å²) < 4.78 is 5.05. The topological polar surface area (TPSA) is 37.4 Å². The second kappa shape index (κ2) is 6.87. The fraction of sp³-hybridized carbons (Fsp3) is 0.800. The van der Waals surface area contributed by atoms with Gasteiger partial charge in [-0.05, 0) is 25.2 Å². The van der Waals surface area contributed by atoms with E-state index < -0.39 is 0 Å². The van der Waals surface area contributed by atoms with Crippen molar-refractivity contribution in [1.82, 2.24) is 10.3 Å². The van der Waals surface area contributed by atoms with Crippen LogP contribution >= 0.6 is 11.3 Å². The molecule has 0 radical (unpaired) electrons. The largest absolute Gasteiger partial charge is 0.383 e. The number of aromatic nitrogens is 1.